The van der Waals surface area contributed by atoms with Gasteiger partial charge >= 0.3 is 5.97 Å². The van der Waals surface area contributed by atoms with Crippen molar-refractivity contribution in [3.8, 4) is 11.1 Å². The number of carboxylic acids is 1. The highest BCUT2D eigenvalue weighted by Gasteiger charge is 2.26. The molecule has 0 aromatic heterocycles. The van der Waals surface area contributed by atoms with E-state index >= 15 is 0 Å². The summed E-state index contributed by atoms with van der Waals surface area (Å²) in [6.07, 6.45) is 1.48. The maximum Gasteiger partial charge on any atom is 0.310 e. The van der Waals surface area contributed by atoms with Crippen molar-refractivity contribution >= 4 is 5.97 Å². The summed E-state index contributed by atoms with van der Waals surface area (Å²) in [5, 5.41) is 9.37. The highest BCUT2D eigenvalue weighted by molar-refractivity contribution is 5.82. The van der Waals surface area contributed by atoms with E-state index < -0.39 is 11.9 Å². The number of rotatable bonds is 3. The van der Waals surface area contributed by atoms with Crippen molar-refractivity contribution in [2.75, 3.05) is 0 Å². The summed E-state index contributed by atoms with van der Waals surface area (Å²) >= 11 is 0. The lowest BCUT2D eigenvalue weighted by Crippen LogP contribution is -2.12. The lowest BCUT2D eigenvalue weighted by atomic mass is 9.90. The molecular formula is C17H16O2. The van der Waals surface area contributed by atoms with Crippen LogP contribution in [0.1, 0.15) is 36.0 Å². The molecule has 2 nitrogen and oxygen atoms in total. The van der Waals surface area contributed by atoms with Crippen molar-refractivity contribution < 1.29 is 9.90 Å². The van der Waals surface area contributed by atoms with Crippen molar-refractivity contribution in [1.29, 1.82) is 0 Å². The average molecular weight is 252 g/mol. The Kier molecular flexibility index (Phi) is 2.86. The molecule has 0 heterocycles. The highest BCUT2D eigenvalue weighted by atomic mass is 16.4. The molecule has 0 aliphatic heterocycles. The number of carboxylic acid groups (broad SMARTS) is 1. The predicted molar refractivity (Wildman–Crippen MR) is 75.4 cm³/mol. The zero-order valence-corrected chi connectivity index (χ0v) is 10.9. The number of hydrogen-bond donors (Lipinski definition) is 1. The zero-order chi connectivity index (χ0) is 13.4. The van der Waals surface area contributed by atoms with Gasteiger partial charge in [0.15, 0.2) is 0 Å². The van der Waals surface area contributed by atoms with E-state index in [1.54, 1.807) is 0 Å². The molecule has 1 unspecified atom stereocenters. The van der Waals surface area contributed by atoms with E-state index in [1.165, 1.54) is 22.3 Å². The second kappa shape index (κ2) is 4.54. The van der Waals surface area contributed by atoms with Crippen molar-refractivity contribution in [3.05, 3.63) is 59.2 Å². The Hall–Kier alpha value is -2.09. The van der Waals surface area contributed by atoms with Crippen LogP contribution in [0.15, 0.2) is 42.5 Å². The summed E-state index contributed by atoms with van der Waals surface area (Å²) < 4.78 is 0. The van der Waals surface area contributed by atoms with Gasteiger partial charge in [-0.1, -0.05) is 49.4 Å². The maximum absolute atomic E-state index is 11.4. The van der Waals surface area contributed by atoms with E-state index in [0.717, 1.165) is 12.0 Å². The normalized spacial score (nSPS) is 13.7. The first-order chi connectivity index (χ1) is 9.22. The molecular weight excluding hydrogens is 236 g/mol. The topological polar surface area (TPSA) is 37.3 Å². The molecule has 0 fully saturated rings. The van der Waals surface area contributed by atoms with E-state index in [0.29, 0.717) is 6.42 Å². The molecule has 1 aliphatic carbocycles. The third-order valence-electron chi connectivity index (χ3n) is 3.97. The van der Waals surface area contributed by atoms with Crippen LogP contribution >= 0.6 is 0 Å². The Bertz CT molecular complexity index is 643. The highest BCUT2D eigenvalue weighted by Crippen LogP contribution is 2.40. The van der Waals surface area contributed by atoms with Crippen molar-refractivity contribution in [2.24, 2.45) is 0 Å². The molecule has 1 N–H and O–H groups in total. The van der Waals surface area contributed by atoms with Gasteiger partial charge in [0, 0.05) is 0 Å². The Balaban J connectivity index is 2.15. The van der Waals surface area contributed by atoms with Crippen LogP contribution < -0.4 is 0 Å². The van der Waals surface area contributed by atoms with Gasteiger partial charge in [0.2, 0.25) is 0 Å². The molecule has 96 valence electrons. The second-order valence-corrected chi connectivity index (χ2v) is 5.01. The lowest BCUT2D eigenvalue weighted by Gasteiger charge is -2.14. The van der Waals surface area contributed by atoms with Crippen LogP contribution in [0.25, 0.3) is 11.1 Å². The first kappa shape index (κ1) is 12.0. The fourth-order valence-electron chi connectivity index (χ4n) is 3.04. The minimum Gasteiger partial charge on any atom is -0.481 e. The minimum atomic E-state index is -0.730. The van der Waals surface area contributed by atoms with Gasteiger partial charge in [-0.2, -0.15) is 0 Å². The molecule has 0 saturated carbocycles. The molecule has 19 heavy (non-hydrogen) atoms. The summed E-state index contributed by atoms with van der Waals surface area (Å²) in [6.45, 7) is 1.93. The molecule has 1 atom stereocenters. The quantitative estimate of drug-likeness (QED) is 0.769. The second-order valence-electron chi connectivity index (χ2n) is 5.01. The largest absolute Gasteiger partial charge is 0.481 e. The summed E-state index contributed by atoms with van der Waals surface area (Å²) in [7, 11) is 0. The number of benzene rings is 2. The number of fused-ring (bicyclic) bond motifs is 3. The fraction of sp³-hybridized carbons (Fsp3) is 0.235. The maximum atomic E-state index is 11.4. The van der Waals surface area contributed by atoms with Crippen LogP contribution in [0.3, 0.4) is 0 Å². The van der Waals surface area contributed by atoms with E-state index in [4.69, 9.17) is 0 Å². The molecule has 0 bridgehead atoms. The number of aliphatic carboxylic acids is 1. The fourth-order valence-corrected chi connectivity index (χ4v) is 3.04. The first-order valence-corrected chi connectivity index (χ1v) is 6.65. The minimum absolute atomic E-state index is 0.399. The predicted octanol–water partition coefficient (Wildman–Crippen LogP) is 3.84. The Morgan fingerprint density at radius 1 is 1.16 bits per heavy atom. The van der Waals surface area contributed by atoms with E-state index in [1.807, 2.05) is 31.2 Å². The van der Waals surface area contributed by atoms with E-state index in [-0.39, 0.29) is 0 Å². The van der Waals surface area contributed by atoms with Crippen LogP contribution in [0.4, 0.5) is 0 Å². The molecule has 0 radical (unpaired) electrons. The summed E-state index contributed by atoms with van der Waals surface area (Å²) in [4.78, 5) is 11.4. The van der Waals surface area contributed by atoms with Crippen LogP contribution in [-0.4, -0.2) is 11.1 Å². The van der Waals surface area contributed by atoms with Crippen LogP contribution in [0.2, 0.25) is 0 Å². The van der Waals surface area contributed by atoms with E-state index in [2.05, 4.69) is 18.2 Å². The zero-order valence-electron chi connectivity index (χ0n) is 10.9. The van der Waals surface area contributed by atoms with Gasteiger partial charge in [0.25, 0.3) is 0 Å². The lowest BCUT2D eigenvalue weighted by molar-refractivity contribution is -0.138. The molecule has 0 spiro atoms. The van der Waals surface area contributed by atoms with E-state index in [9.17, 15) is 9.90 Å². The van der Waals surface area contributed by atoms with Crippen molar-refractivity contribution in [3.63, 3.8) is 0 Å². The summed E-state index contributed by atoms with van der Waals surface area (Å²) in [5.74, 6) is -1.13. The van der Waals surface area contributed by atoms with Crippen LogP contribution in [0.5, 0.6) is 0 Å². The van der Waals surface area contributed by atoms with Gasteiger partial charge in [-0.25, -0.2) is 0 Å². The molecule has 1 aliphatic rings. The van der Waals surface area contributed by atoms with Gasteiger partial charge < -0.3 is 5.11 Å². The van der Waals surface area contributed by atoms with Crippen molar-refractivity contribution in [1.82, 2.24) is 0 Å². The van der Waals surface area contributed by atoms with Gasteiger partial charge in [-0.3, -0.25) is 4.79 Å². The SMILES string of the molecule is CCC(C(=O)O)c1cccc2c1Cc1ccccc1-2. The Morgan fingerprint density at radius 3 is 2.63 bits per heavy atom. The number of carbonyl (C=O) groups is 1. The molecule has 2 aromatic rings. The van der Waals surface area contributed by atoms with Crippen molar-refractivity contribution in [2.45, 2.75) is 25.7 Å². The van der Waals surface area contributed by atoms with Crippen LogP contribution in [0, 0.1) is 0 Å². The molecule has 2 aromatic carbocycles. The van der Waals surface area contributed by atoms with Crippen LogP contribution in [-0.2, 0) is 11.2 Å². The average Bonchev–Trinajstić information content (AvgIpc) is 2.79. The first-order valence-electron chi connectivity index (χ1n) is 6.65. The van der Waals surface area contributed by atoms with Gasteiger partial charge in [0.05, 0.1) is 5.92 Å². The van der Waals surface area contributed by atoms with Gasteiger partial charge in [-0.05, 0) is 40.7 Å². The smallest absolute Gasteiger partial charge is 0.310 e. The third kappa shape index (κ3) is 1.84. The molecule has 0 amide bonds. The number of hydrogen-bond acceptors (Lipinski definition) is 1. The third-order valence-corrected chi connectivity index (χ3v) is 3.97. The Morgan fingerprint density at radius 2 is 1.89 bits per heavy atom. The molecule has 0 saturated heterocycles. The summed E-state index contributed by atoms with van der Waals surface area (Å²) in [5.41, 5.74) is 5.92. The Labute approximate surface area is 112 Å². The molecule has 2 heteroatoms. The summed E-state index contributed by atoms with van der Waals surface area (Å²) in [6, 6.07) is 14.4. The standard InChI is InChI=1S/C17H16O2/c1-2-12(17(18)19)14-8-5-9-15-13-7-4-3-6-11(13)10-16(14)15/h3-9,12H,2,10H2,1H3,(H,18,19). The monoisotopic (exact) mass is 252 g/mol. The van der Waals surface area contributed by atoms with Gasteiger partial charge in [0.1, 0.15) is 0 Å². The molecule has 3 rings (SSSR count). The van der Waals surface area contributed by atoms with Gasteiger partial charge in [-0.15, -0.1) is 0 Å².